The lowest BCUT2D eigenvalue weighted by molar-refractivity contribution is -0.873. The highest BCUT2D eigenvalue weighted by Gasteiger charge is 2.14. The number of carbonyl (C=O) groups excluding carboxylic acids is 1. The molecule has 5 heteroatoms. The first kappa shape index (κ1) is 16.1. The van der Waals surface area contributed by atoms with E-state index in [9.17, 15) is 9.90 Å². The molecule has 0 aliphatic heterocycles. The van der Waals surface area contributed by atoms with E-state index in [0.717, 1.165) is 5.88 Å². The van der Waals surface area contributed by atoms with Gasteiger partial charge < -0.3 is 19.5 Å². The molecule has 0 fully saturated rings. The molecule has 0 aliphatic carbocycles. The average Bonchev–Trinajstić information content (AvgIpc) is 1.80. The fourth-order valence-corrected chi connectivity index (χ4v) is 0.889. The van der Waals surface area contributed by atoms with Crippen molar-refractivity contribution < 1.29 is 19.5 Å². The largest absolute Gasteiger partial charge is 0.550 e. The Morgan fingerprint density at radius 2 is 1.86 bits per heavy atom. The minimum absolute atomic E-state index is 0.282. The van der Waals surface area contributed by atoms with Crippen LogP contribution in [0.4, 0.5) is 0 Å². The smallest absolute Gasteiger partial charge is 0.108 e. The number of aliphatic hydroxyl groups is 1. The summed E-state index contributed by atoms with van der Waals surface area (Å²) in [4.78, 5) is 10.0. The Balaban J connectivity index is 0. The fraction of sp³-hybridized carbons (Fsp3) is 0.889. The topological polar surface area (TPSA) is 60.4 Å². The number of rotatable bonds is 4. The minimum atomic E-state index is -1.20. The molecule has 0 saturated heterocycles. The van der Waals surface area contributed by atoms with Crippen LogP contribution in [0.15, 0.2) is 0 Å². The summed E-state index contributed by atoms with van der Waals surface area (Å²) in [6, 6.07) is 0. The van der Waals surface area contributed by atoms with Gasteiger partial charge in [0.2, 0.25) is 0 Å². The van der Waals surface area contributed by atoms with Crippen LogP contribution in [0.2, 0.25) is 0 Å². The van der Waals surface area contributed by atoms with Crippen LogP contribution in [0.1, 0.15) is 13.3 Å². The molecule has 0 amide bonds. The number of halogens is 1. The van der Waals surface area contributed by atoms with E-state index >= 15 is 0 Å². The summed E-state index contributed by atoms with van der Waals surface area (Å²) in [5.74, 6) is -0.481. The Morgan fingerprint density at radius 3 is 2.07 bits per heavy atom. The normalized spacial score (nSPS) is 12.7. The molecule has 0 aliphatic rings. The second-order valence-electron chi connectivity index (χ2n) is 3.97. The number of carboxylic acids is 1. The zero-order valence-corrected chi connectivity index (χ0v) is 10.0. The molecule has 1 atom stereocenters. The van der Waals surface area contributed by atoms with E-state index < -0.39 is 12.1 Å². The molecule has 1 N–H and O–H groups in total. The quantitative estimate of drug-likeness (QED) is 0.516. The first-order valence-electron chi connectivity index (χ1n) is 4.47. The third-order valence-electron chi connectivity index (χ3n) is 1.16. The number of aliphatic carboxylic acids is 1. The summed E-state index contributed by atoms with van der Waals surface area (Å²) in [5, 5.41) is 19.1. The summed E-state index contributed by atoms with van der Waals surface area (Å²) < 4.78 is 0.550. The van der Waals surface area contributed by atoms with Gasteiger partial charge in [-0.05, 0) is 0 Å². The van der Waals surface area contributed by atoms with Crippen molar-refractivity contribution in [2.24, 2.45) is 0 Å². The van der Waals surface area contributed by atoms with Crippen LogP contribution in [0.25, 0.3) is 0 Å². The van der Waals surface area contributed by atoms with Gasteiger partial charge in [-0.25, -0.2) is 0 Å². The lowest BCUT2D eigenvalue weighted by Crippen LogP contribution is -2.43. The Bertz CT molecular complexity index is 157. The van der Waals surface area contributed by atoms with Crippen molar-refractivity contribution in [3.63, 3.8) is 0 Å². The monoisotopic (exact) mass is 225 g/mol. The molecule has 0 spiro atoms. The number of hydrogen-bond donors (Lipinski definition) is 1. The van der Waals surface area contributed by atoms with E-state index in [0.29, 0.717) is 11.0 Å². The summed E-state index contributed by atoms with van der Waals surface area (Å²) in [6.07, 6.45) is -1.09. The SMILES string of the molecule is CCCl.C[N+](C)(C)CC(O)CC(=O)[O-]. The van der Waals surface area contributed by atoms with Crippen molar-refractivity contribution >= 4 is 17.6 Å². The van der Waals surface area contributed by atoms with Crippen molar-refractivity contribution in [2.45, 2.75) is 19.4 Å². The Hall–Kier alpha value is -0.320. The molecular formula is C9H20ClNO3. The van der Waals surface area contributed by atoms with Gasteiger partial charge in [0.15, 0.2) is 0 Å². The van der Waals surface area contributed by atoms with Crippen molar-refractivity contribution in [1.29, 1.82) is 0 Å². The van der Waals surface area contributed by atoms with E-state index in [1.54, 1.807) is 0 Å². The van der Waals surface area contributed by atoms with Crippen LogP contribution < -0.4 is 5.11 Å². The molecule has 0 saturated carbocycles. The van der Waals surface area contributed by atoms with Gasteiger partial charge in [-0.2, -0.15) is 0 Å². The zero-order chi connectivity index (χ0) is 11.8. The molecule has 0 aromatic rings. The minimum Gasteiger partial charge on any atom is -0.550 e. The molecule has 4 nitrogen and oxygen atoms in total. The van der Waals surface area contributed by atoms with Gasteiger partial charge in [0, 0.05) is 18.3 Å². The number of quaternary nitrogens is 1. The molecule has 0 aromatic heterocycles. The van der Waals surface area contributed by atoms with Gasteiger partial charge in [0.05, 0.1) is 21.1 Å². The third kappa shape index (κ3) is 17.7. The van der Waals surface area contributed by atoms with Crippen molar-refractivity contribution in [1.82, 2.24) is 0 Å². The van der Waals surface area contributed by atoms with Crippen LogP contribution in [0.3, 0.4) is 0 Å². The number of hydrogen-bond acceptors (Lipinski definition) is 3. The highest BCUT2D eigenvalue weighted by atomic mass is 35.5. The number of alkyl halides is 1. The predicted molar refractivity (Wildman–Crippen MR) is 54.9 cm³/mol. The van der Waals surface area contributed by atoms with Crippen molar-refractivity contribution in [3.8, 4) is 0 Å². The number of carbonyl (C=O) groups is 1. The number of likely N-dealkylation sites (N-methyl/N-ethyl adjacent to an activating group) is 1. The first-order chi connectivity index (χ1) is 6.22. The van der Waals surface area contributed by atoms with Gasteiger partial charge in [0.1, 0.15) is 12.6 Å². The van der Waals surface area contributed by atoms with Gasteiger partial charge in [-0.3, -0.25) is 0 Å². The van der Waals surface area contributed by atoms with Crippen LogP contribution >= 0.6 is 11.6 Å². The molecule has 0 bridgehead atoms. The molecular weight excluding hydrogens is 206 g/mol. The fourth-order valence-electron chi connectivity index (χ4n) is 0.889. The van der Waals surface area contributed by atoms with Crippen molar-refractivity contribution in [3.05, 3.63) is 0 Å². The Kier molecular flexibility index (Phi) is 9.24. The number of carboxylic acid groups (broad SMARTS) is 1. The van der Waals surface area contributed by atoms with E-state index in [-0.39, 0.29) is 6.42 Å². The van der Waals surface area contributed by atoms with Crippen LogP contribution in [-0.4, -0.2) is 55.2 Å². The molecule has 14 heavy (non-hydrogen) atoms. The van der Waals surface area contributed by atoms with E-state index in [2.05, 4.69) is 0 Å². The highest BCUT2D eigenvalue weighted by Crippen LogP contribution is 1.97. The summed E-state index contributed by atoms with van der Waals surface area (Å²) in [7, 11) is 5.66. The molecule has 86 valence electrons. The summed E-state index contributed by atoms with van der Waals surface area (Å²) in [5.41, 5.74) is 0. The number of aliphatic hydroxyl groups excluding tert-OH is 1. The second kappa shape index (κ2) is 8.03. The van der Waals surface area contributed by atoms with Gasteiger partial charge in [0.25, 0.3) is 0 Å². The predicted octanol–water partition coefficient (Wildman–Crippen LogP) is -0.561. The average molecular weight is 226 g/mol. The lowest BCUT2D eigenvalue weighted by atomic mass is 10.2. The molecule has 0 radical (unpaired) electrons. The van der Waals surface area contributed by atoms with Crippen LogP contribution in [-0.2, 0) is 4.79 Å². The summed E-state index contributed by atoms with van der Waals surface area (Å²) >= 11 is 5.00. The first-order valence-corrected chi connectivity index (χ1v) is 5.00. The zero-order valence-electron chi connectivity index (χ0n) is 9.29. The molecule has 0 aromatic carbocycles. The third-order valence-corrected chi connectivity index (χ3v) is 1.16. The summed E-state index contributed by atoms with van der Waals surface area (Å²) in [6.45, 7) is 2.32. The molecule has 0 rings (SSSR count). The standard InChI is InChI=1S/C7H15NO3.C2H5Cl/c1-8(2,3)5-6(9)4-7(10)11;1-2-3/h6,9H,4-5H2,1-3H3;2H2,1H3. The van der Waals surface area contributed by atoms with Crippen LogP contribution in [0.5, 0.6) is 0 Å². The highest BCUT2D eigenvalue weighted by molar-refractivity contribution is 6.17. The second-order valence-corrected chi connectivity index (χ2v) is 4.50. The van der Waals surface area contributed by atoms with Gasteiger partial charge >= 0.3 is 0 Å². The maximum Gasteiger partial charge on any atom is 0.108 e. The number of nitrogens with zero attached hydrogens (tertiary/aromatic N) is 1. The maximum absolute atomic E-state index is 10.0. The Labute approximate surface area is 90.7 Å². The molecule has 0 heterocycles. The molecule has 1 unspecified atom stereocenters. The van der Waals surface area contributed by atoms with Crippen LogP contribution in [0, 0.1) is 0 Å². The maximum atomic E-state index is 10.0. The van der Waals surface area contributed by atoms with E-state index in [4.69, 9.17) is 16.7 Å². The van der Waals surface area contributed by atoms with E-state index in [1.807, 2.05) is 28.1 Å². The van der Waals surface area contributed by atoms with Crippen molar-refractivity contribution in [2.75, 3.05) is 33.6 Å². The van der Waals surface area contributed by atoms with E-state index in [1.165, 1.54) is 0 Å². The Morgan fingerprint density at radius 1 is 1.50 bits per heavy atom. The lowest BCUT2D eigenvalue weighted by Gasteiger charge is -2.26. The van der Waals surface area contributed by atoms with Gasteiger partial charge in [-0.1, -0.05) is 6.92 Å². The van der Waals surface area contributed by atoms with Gasteiger partial charge in [-0.15, -0.1) is 11.6 Å².